The van der Waals surface area contributed by atoms with Crippen molar-refractivity contribution < 1.29 is 14.3 Å². The van der Waals surface area contributed by atoms with Gasteiger partial charge in [0.05, 0.1) is 23.7 Å². The van der Waals surface area contributed by atoms with Crippen LogP contribution in [0.3, 0.4) is 0 Å². The van der Waals surface area contributed by atoms with E-state index in [1.165, 1.54) is 0 Å². The van der Waals surface area contributed by atoms with Crippen molar-refractivity contribution in [1.82, 2.24) is 14.9 Å². The number of piperidine rings is 1. The summed E-state index contributed by atoms with van der Waals surface area (Å²) in [5.41, 5.74) is 2.04. The number of para-hydroxylation sites is 2. The Hall–Kier alpha value is -1.92. The van der Waals surface area contributed by atoms with Crippen LogP contribution in [0.4, 0.5) is 0 Å². The van der Waals surface area contributed by atoms with Crippen molar-refractivity contribution in [2.75, 3.05) is 26.3 Å². The third-order valence-electron chi connectivity index (χ3n) is 5.43. The molecule has 0 bridgehead atoms. The summed E-state index contributed by atoms with van der Waals surface area (Å²) in [5.74, 6) is 1.31. The maximum Gasteiger partial charge on any atom is 0.251 e. The summed E-state index contributed by atoms with van der Waals surface area (Å²) in [7, 11) is 0. The first-order valence-corrected chi connectivity index (χ1v) is 9.67. The van der Waals surface area contributed by atoms with Gasteiger partial charge in [-0.15, -0.1) is 0 Å². The van der Waals surface area contributed by atoms with Gasteiger partial charge >= 0.3 is 0 Å². The minimum Gasteiger partial charge on any atom is -0.376 e. The van der Waals surface area contributed by atoms with Gasteiger partial charge in [-0.3, -0.25) is 4.79 Å². The Morgan fingerprint density at radius 2 is 2.27 bits per heavy atom. The van der Waals surface area contributed by atoms with Gasteiger partial charge in [-0.2, -0.15) is 0 Å². The lowest BCUT2D eigenvalue weighted by molar-refractivity contribution is -0.145. The van der Waals surface area contributed by atoms with E-state index in [0.717, 1.165) is 55.7 Å². The van der Waals surface area contributed by atoms with Crippen LogP contribution in [-0.4, -0.2) is 59.3 Å². The zero-order chi connectivity index (χ0) is 17.9. The number of H-pyrrole nitrogens is 1. The quantitative estimate of drug-likeness (QED) is 0.893. The number of nitrogens with one attached hydrogen (secondary N) is 1. The molecule has 3 atom stereocenters. The monoisotopic (exact) mass is 357 g/mol. The van der Waals surface area contributed by atoms with Crippen LogP contribution < -0.4 is 0 Å². The average Bonchev–Trinajstić information content (AvgIpc) is 3.35. The second-order valence-corrected chi connectivity index (χ2v) is 7.37. The van der Waals surface area contributed by atoms with E-state index in [1.54, 1.807) is 0 Å². The number of hydrogen-bond acceptors (Lipinski definition) is 4. The zero-order valence-corrected chi connectivity index (χ0v) is 15.3. The molecule has 0 aliphatic carbocycles. The van der Waals surface area contributed by atoms with E-state index >= 15 is 0 Å². The number of imidazole rings is 1. The summed E-state index contributed by atoms with van der Waals surface area (Å²) in [6.45, 7) is 4.66. The van der Waals surface area contributed by atoms with Gasteiger partial charge < -0.3 is 19.4 Å². The van der Waals surface area contributed by atoms with E-state index in [2.05, 4.69) is 4.98 Å². The predicted octanol–water partition coefficient (Wildman–Crippen LogP) is 2.85. The third-order valence-corrected chi connectivity index (χ3v) is 5.43. The Morgan fingerprint density at radius 3 is 3.08 bits per heavy atom. The SMILES string of the molecule is C[C@H](OC[C@H]1CCCO1)C(=O)N1CCC[C@@H](c2nc3ccccc3[nH]2)C1. The van der Waals surface area contributed by atoms with Crippen LogP contribution in [0.5, 0.6) is 0 Å². The van der Waals surface area contributed by atoms with Crippen LogP contribution >= 0.6 is 0 Å². The Bertz CT molecular complexity index is 721. The predicted molar refractivity (Wildman–Crippen MR) is 99.0 cm³/mol. The van der Waals surface area contributed by atoms with Crippen LogP contribution in [-0.2, 0) is 14.3 Å². The van der Waals surface area contributed by atoms with Crippen molar-refractivity contribution in [3.63, 3.8) is 0 Å². The molecule has 2 aliphatic heterocycles. The number of rotatable bonds is 5. The van der Waals surface area contributed by atoms with Gasteiger partial charge in [-0.1, -0.05) is 12.1 Å². The van der Waals surface area contributed by atoms with Crippen molar-refractivity contribution in [2.24, 2.45) is 0 Å². The summed E-state index contributed by atoms with van der Waals surface area (Å²) in [6, 6.07) is 8.06. The van der Waals surface area contributed by atoms with Gasteiger partial charge in [0.25, 0.3) is 5.91 Å². The molecule has 2 aromatic rings. The first kappa shape index (κ1) is 17.5. The number of carbonyl (C=O) groups is 1. The first-order chi connectivity index (χ1) is 12.7. The number of amides is 1. The molecule has 0 unspecified atom stereocenters. The molecule has 6 heteroatoms. The zero-order valence-electron chi connectivity index (χ0n) is 15.3. The van der Waals surface area contributed by atoms with E-state index in [0.29, 0.717) is 13.2 Å². The molecule has 0 spiro atoms. The van der Waals surface area contributed by atoms with Gasteiger partial charge in [0, 0.05) is 25.6 Å². The molecular formula is C20H27N3O3. The lowest BCUT2D eigenvalue weighted by Gasteiger charge is -2.33. The van der Waals surface area contributed by atoms with E-state index in [9.17, 15) is 4.79 Å². The van der Waals surface area contributed by atoms with E-state index in [4.69, 9.17) is 14.5 Å². The number of nitrogens with zero attached hydrogens (tertiary/aromatic N) is 2. The van der Waals surface area contributed by atoms with Gasteiger partial charge in [0.1, 0.15) is 11.9 Å². The van der Waals surface area contributed by atoms with Crippen molar-refractivity contribution >= 4 is 16.9 Å². The fourth-order valence-electron chi connectivity index (χ4n) is 3.92. The molecule has 26 heavy (non-hydrogen) atoms. The first-order valence-electron chi connectivity index (χ1n) is 9.67. The number of carbonyl (C=O) groups excluding carboxylic acids is 1. The minimum absolute atomic E-state index is 0.0730. The van der Waals surface area contributed by atoms with Crippen LogP contribution in [0.2, 0.25) is 0 Å². The fourth-order valence-corrected chi connectivity index (χ4v) is 3.92. The molecule has 0 saturated carbocycles. The smallest absolute Gasteiger partial charge is 0.251 e. The van der Waals surface area contributed by atoms with Gasteiger partial charge in [0.2, 0.25) is 0 Å². The van der Waals surface area contributed by atoms with Gasteiger partial charge in [0.15, 0.2) is 0 Å². The molecule has 2 saturated heterocycles. The van der Waals surface area contributed by atoms with E-state index in [-0.39, 0.29) is 17.9 Å². The van der Waals surface area contributed by atoms with Crippen LogP contribution in [0.15, 0.2) is 24.3 Å². The molecule has 2 aliphatic rings. The van der Waals surface area contributed by atoms with Crippen LogP contribution in [0.25, 0.3) is 11.0 Å². The lowest BCUT2D eigenvalue weighted by atomic mass is 9.97. The number of fused-ring (bicyclic) bond motifs is 1. The Morgan fingerprint density at radius 1 is 1.38 bits per heavy atom. The molecule has 1 N–H and O–H groups in total. The number of hydrogen-bond donors (Lipinski definition) is 1. The van der Waals surface area contributed by atoms with Crippen molar-refractivity contribution in [3.05, 3.63) is 30.1 Å². The number of aromatic nitrogens is 2. The van der Waals surface area contributed by atoms with Crippen molar-refractivity contribution in [3.8, 4) is 0 Å². The standard InChI is InChI=1S/C20H27N3O3/c1-14(26-13-16-7-5-11-25-16)20(24)23-10-4-6-15(12-23)19-21-17-8-2-3-9-18(17)22-19/h2-3,8-9,14-16H,4-7,10-13H2,1H3,(H,21,22)/t14-,15+,16+/m0/s1. The average molecular weight is 357 g/mol. The largest absolute Gasteiger partial charge is 0.376 e. The van der Waals surface area contributed by atoms with Gasteiger partial charge in [-0.05, 0) is 44.7 Å². The Balaban J connectivity index is 1.36. The number of aromatic amines is 1. The molecule has 1 aromatic heterocycles. The molecule has 140 valence electrons. The third kappa shape index (κ3) is 3.76. The lowest BCUT2D eigenvalue weighted by Crippen LogP contribution is -2.45. The minimum atomic E-state index is -0.423. The Kier molecular flexibility index (Phi) is 5.22. The summed E-state index contributed by atoms with van der Waals surface area (Å²) in [5, 5.41) is 0. The van der Waals surface area contributed by atoms with Gasteiger partial charge in [-0.25, -0.2) is 4.98 Å². The highest BCUT2D eigenvalue weighted by atomic mass is 16.5. The van der Waals surface area contributed by atoms with E-state index < -0.39 is 6.10 Å². The second-order valence-electron chi connectivity index (χ2n) is 7.37. The van der Waals surface area contributed by atoms with Crippen molar-refractivity contribution in [2.45, 2.75) is 50.7 Å². The highest BCUT2D eigenvalue weighted by Gasteiger charge is 2.30. The van der Waals surface area contributed by atoms with Crippen LogP contribution in [0, 0.1) is 0 Å². The van der Waals surface area contributed by atoms with Crippen molar-refractivity contribution in [1.29, 1.82) is 0 Å². The molecule has 1 amide bonds. The number of benzene rings is 1. The molecule has 0 radical (unpaired) electrons. The highest BCUT2D eigenvalue weighted by Crippen LogP contribution is 2.27. The number of likely N-dealkylation sites (tertiary alicyclic amines) is 1. The fraction of sp³-hybridized carbons (Fsp3) is 0.600. The summed E-state index contributed by atoms with van der Waals surface area (Å²) in [4.78, 5) is 22.9. The maximum absolute atomic E-state index is 12.8. The Labute approximate surface area is 153 Å². The summed E-state index contributed by atoms with van der Waals surface area (Å²) in [6.07, 6.45) is 3.88. The van der Waals surface area contributed by atoms with E-state index in [1.807, 2.05) is 36.1 Å². The summed E-state index contributed by atoms with van der Waals surface area (Å²) >= 11 is 0. The molecular weight excluding hydrogens is 330 g/mol. The molecule has 4 rings (SSSR count). The molecule has 1 aromatic carbocycles. The number of ether oxygens (including phenoxy) is 2. The topological polar surface area (TPSA) is 67.5 Å². The maximum atomic E-state index is 12.8. The highest BCUT2D eigenvalue weighted by molar-refractivity contribution is 5.80. The second kappa shape index (κ2) is 7.76. The molecule has 3 heterocycles. The molecule has 6 nitrogen and oxygen atoms in total. The molecule has 2 fully saturated rings. The summed E-state index contributed by atoms with van der Waals surface area (Å²) < 4.78 is 11.4. The normalized spacial score (nSPS) is 24.9. The van der Waals surface area contributed by atoms with Crippen LogP contribution in [0.1, 0.15) is 44.3 Å².